The zero-order valence-corrected chi connectivity index (χ0v) is 9.93. The lowest BCUT2D eigenvalue weighted by molar-refractivity contribution is 0.415. The zero-order chi connectivity index (χ0) is 10.5. The van der Waals surface area contributed by atoms with Crippen LogP contribution in [0.1, 0.15) is 32.1 Å². The lowest BCUT2D eigenvalue weighted by Gasteiger charge is -2.23. The van der Waals surface area contributed by atoms with Crippen LogP contribution in [0.3, 0.4) is 0 Å². The van der Waals surface area contributed by atoms with Gasteiger partial charge in [-0.1, -0.05) is 55.8 Å². The number of benzene rings is 1. The van der Waals surface area contributed by atoms with Crippen molar-refractivity contribution in [1.82, 2.24) is 0 Å². The molecule has 1 aliphatic rings. The van der Waals surface area contributed by atoms with Crippen molar-refractivity contribution in [3.63, 3.8) is 0 Å². The second kappa shape index (κ2) is 5.41. The molecule has 0 nitrogen and oxygen atoms in total. The van der Waals surface area contributed by atoms with Gasteiger partial charge in [0.1, 0.15) is 0 Å². The summed E-state index contributed by atoms with van der Waals surface area (Å²) in [4.78, 5) is 2.69. The van der Waals surface area contributed by atoms with E-state index in [1.165, 1.54) is 41.9 Å². The molecule has 0 heterocycles. The summed E-state index contributed by atoms with van der Waals surface area (Å²) in [6, 6.07) is 10.6. The van der Waals surface area contributed by atoms with Crippen molar-refractivity contribution in [3.05, 3.63) is 41.8 Å². The van der Waals surface area contributed by atoms with Crippen LogP contribution < -0.4 is 0 Å². The molecule has 0 radical (unpaired) electrons. The van der Waals surface area contributed by atoms with Gasteiger partial charge in [0, 0.05) is 4.90 Å². The SMILES string of the molecule is C=C(Sc1ccccc1)C1CCCCC1. The maximum absolute atomic E-state index is 4.24. The van der Waals surface area contributed by atoms with E-state index in [0.717, 1.165) is 5.92 Å². The van der Waals surface area contributed by atoms with Crippen molar-refractivity contribution in [3.8, 4) is 0 Å². The molecule has 1 heteroatoms. The van der Waals surface area contributed by atoms with E-state index in [9.17, 15) is 0 Å². The van der Waals surface area contributed by atoms with Gasteiger partial charge in [0.2, 0.25) is 0 Å². The molecule has 15 heavy (non-hydrogen) atoms. The molecule has 0 spiro atoms. The number of hydrogen-bond acceptors (Lipinski definition) is 1. The van der Waals surface area contributed by atoms with Gasteiger partial charge >= 0.3 is 0 Å². The average Bonchev–Trinajstić information content (AvgIpc) is 2.31. The van der Waals surface area contributed by atoms with Crippen LogP contribution in [0.2, 0.25) is 0 Å². The van der Waals surface area contributed by atoms with Crippen LogP contribution in [-0.4, -0.2) is 0 Å². The van der Waals surface area contributed by atoms with Gasteiger partial charge in [0.25, 0.3) is 0 Å². The van der Waals surface area contributed by atoms with Crippen LogP contribution in [-0.2, 0) is 0 Å². The molecule has 0 unspecified atom stereocenters. The van der Waals surface area contributed by atoms with Gasteiger partial charge in [-0.2, -0.15) is 0 Å². The van der Waals surface area contributed by atoms with E-state index in [1.807, 2.05) is 11.8 Å². The molecule has 1 aromatic carbocycles. The first-order valence-corrected chi connectivity index (χ1v) is 6.59. The van der Waals surface area contributed by atoms with Crippen LogP contribution in [0.4, 0.5) is 0 Å². The van der Waals surface area contributed by atoms with E-state index in [2.05, 4.69) is 36.9 Å². The number of allylic oxidation sites excluding steroid dienone is 1. The highest BCUT2D eigenvalue weighted by Gasteiger charge is 2.16. The molecule has 0 aromatic heterocycles. The Morgan fingerprint density at radius 3 is 2.40 bits per heavy atom. The minimum absolute atomic E-state index is 0.754. The second-order valence-corrected chi connectivity index (χ2v) is 5.42. The van der Waals surface area contributed by atoms with E-state index >= 15 is 0 Å². The van der Waals surface area contributed by atoms with Crippen molar-refractivity contribution in [2.75, 3.05) is 0 Å². The molecule has 0 atom stereocenters. The molecular weight excluding hydrogens is 200 g/mol. The van der Waals surface area contributed by atoms with Crippen LogP contribution in [0.15, 0.2) is 46.7 Å². The Hall–Kier alpha value is -0.690. The fourth-order valence-corrected chi connectivity index (χ4v) is 3.15. The molecule has 0 N–H and O–H groups in total. The maximum atomic E-state index is 4.24. The average molecular weight is 218 g/mol. The normalized spacial score (nSPS) is 17.6. The van der Waals surface area contributed by atoms with Crippen molar-refractivity contribution in [2.24, 2.45) is 5.92 Å². The highest BCUT2D eigenvalue weighted by Crippen LogP contribution is 2.37. The monoisotopic (exact) mass is 218 g/mol. The fourth-order valence-electron chi connectivity index (χ4n) is 2.15. The molecule has 1 aromatic rings. The number of thioether (sulfide) groups is 1. The Morgan fingerprint density at radius 1 is 1.07 bits per heavy atom. The topological polar surface area (TPSA) is 0 Å². The minimum atomic E-state index is 0.754. The second-order valence-electron chi connectivity index (χ2n) is 4.22. The highest BCUT2D eigenvalue weighted by atomic mass is 32.2. The van der Waals surface area contributed by atoms with Crippen LogP contribution in [0.25, 0.3) is 0 Å². The summed E-state index contributed by atoms with van der Waals surface area (Å²) in [7, 11) is 0. The van der Waals surface area contributed by atoms with E-state index < -0.39 is 0 Å². The first-order valence-electron chi connectivity index (χ1n) is 5.78. The van der Waals surface area contributed by atoms with Crippen LogP contribution in [0.5, 0.6) is 0 Å². The van der Waals surface area contributed by atoms with Gasteiger partial charge in [-0.15, -0.1) is 0 Å². The standard InChI is InChI=1S/C14H18S/c1-12(13-8-4-2-5-9-13)15-14-10-6-3-7-11-14/h3,6-7,10-11,13H,1-2,4-5,8-9H2. The predicted octanol–water partition coefficient (Wildman–Crippen LogP) is 4.87. The third-order valence-corrected chi connectivity index (χ3v) is 4.16. The summed E-state index contributed by atoms with van der Waals surface area (Å²) < 4.78 is 0. The van der Waals surface area contributed by atoms with Gasteiger partial charge in [-0.3, -0.25) is 0 Å². The molecule has 0 saturated heterocycles. The Bertz CT molecular complexity index is 309. The van der Waals surface area contributed by atoms with Crippen molar-refractivity contribution in [1.29, 1.82) is 0 Å². The number of rotatable bonds is 3. The summed E-state index contributed by atoms with van der Waals surface area (Å²) in [6.07, 6.45) is 6.88. The Morgan fingerprint density at radius 2 is 1.73 bits per heavy atom. The van der Waals surface area contributed by atoms with Gasteiger partial charge in [0.05, 0.1) is 0 Å². The Kier molecular flexibility index (Phi) is 3.90. The lowest BCUT2D eigenvalue weighted by Crippen LogP contribution is -2.06. The van der Waals surface area contributed by atoms with Crippen molar-refractivity contribution < 1.29 is 0 Å². The largest absolute Gasteiger partial charge is 0.0949 e. The first kappa shape index (κ1) is 10.8. The molecule has 80 valence electrons. The molecule has 0 amide bonds. The summed E-state index contributed by atoms with van der Waals surface area (Å²) in [5.74, 6) is 0.754. The van der Waals surface area contributed by atoms with E-state index in [4.69, 9.17) is 0 Å². The van der Waals surface area contributed by atoms with Crippen LogP contribution in [0, 0.1) is 5.92 Å². The predicted molar refractivity (Wildman–Crippen MR) is 68.0 cm³/mol. The molecular formula is C14H18S. The van der Waals surface area contributed by atoms with Crippen molar-refractivity contribution >= 4 is 11.8 Å². The summed E-state index contributed by atoms with van der Waals surface area (Å²) in [5.41, 5.74) is 0. The quantitative estimate of drug-likeness (QED) is 0.652. The Balaban J connectivity index is 1.91. The van der Waals surface area contributed by atoms with Gasteiger partial charge in [-0.05, 0) is 35.8 Å². The molecule has 1 fully saturated rings. The van der Waals surface area contributed by atoms with E-state index in [1.54, 1.807) is 0 Å². The molecule has 0 aliphatic heterocycles. The Labute approximate surface area is 96.8 Å². The smallest absolute Gasteiger partial charge is 0.0118 e. The highest BCUT2D eigenvalue weighted by molar-refractivity contribution is 8.03. The minimum Gasteiger partial charge on any atom is -0.0949 e. The van der Waals surface area contributed by atoms with Crippen LogP contribution >= 0.6 is 11.8 Å². The summed E-state index contributed by atoms with van der Waals surface area (Å²) in [6.45, 7) is 4.24. The summed E-state index contributed by atoms with van der Waals surface area (Å²) >= 11 is 1.86. The molecule has 1 saturated carbocycles. The van der Waals surface area contributed by atoms with Gasteiger partial charge < -0.3 is 0 Å². The first-order chi connectivity index (χ1) is 7.36. The molecule has 1 aliphatic carbocycles. The lowest BCUT2D eigenvalue weighted by atomic mass is 9.89. The van der Waals surface area contributed by atoms with Gasteiger partial charge in [0.15, 0.2) is 0 Å². The van der Waals surface area contributed by atoms with E-state index in [-0.39, 0.29) is 0 Å². The fraction of sp³-hybridized carbons (Fsp3) is 0.429. The van der Waals surface area contributed by atoms with Gasteiger partial charge in [-0.25, -0.2) is 0 Å². The third kappa shape index (κ3) is 3.13. The zero-order valence-electron chi connectivity index (χ0n) is 9.11. The van der Waals surface area contributed by atoms with E-state index in [0.29, 0.717) is 0 Å². The maximum Gasteiger partial charge on any atom is 0.0118 e. The summed E-state index contributed by atoms with van der Waals surface area (Å²) in [5, 5.41) is 0. The molecule has 0 bridgehead atoms. The molecule has 2 rings (SSSR count). The van der Waals surface area contributed by atoms with Crippen molar-refractivity contribution in [2.45, 2.75) is 37.0 Å². The third-order valence-electron chi connectivity index (χ3n) is 3.05. The number of hydrogen-bond donors (Lipinski definition) is 0.